The summed E-state index contributed by atoms with van der Waals surface area (Å²) in [5.41, 5.74) is 1.88. The first kappa shape index (κ1) is 16.6. The molecule has 1 aromatic carbocycles. The quantitative estimate of drug-likeness (QED) is 0.615. The maximum Gasteiger partial charge on any atom is 0.256 e. The second-order valence-electron chi connectivity index (χ2n) is 6.54. The third-order valence-corrected chi connectivity index (χ3v) is 6.27. The molecule has 0 saturated carbocycles. The number of aryl methyl sites for hydroxylation is 1. The fraction of sp³-hybridized carbons (Fsp3) is 0.300. The SMILES string of the molecule is Cc1cc2c(Cl)c(C(=O)N3CCC(c4ccccc4)CC3)cnc2s1. The van der Waals surface area contributed by atoms with Crippen LogP contribution in [0.2, 0.25) is 5.02 Å². The number of halogens is 1. The number of carbonyl (C=O) groups is 1. The zero-order valence-corrected chi connectivity index (χ0v) is 15.6. The van der Waals surface area contributed by atoms with Gasteiger partial charge in [-0.1, -0.05) is 41.9 Å². The molecule has 1 aliphatic heterocycles. The van der Waals surface area contributed by atoms with E-state index in [-0.39, 0.29) is 5.91 Å². The highest BCUT2D eigenvalue weighted by Crippen LogP contribution is 2.33. The molecule has 0 spiro atoms. The molecule has 4 rings (SSSR count). The predicted molar refractivity (Wildman–Crippen MR) is 104 cm³/mol. The zero-order chi connectivity index (χ0) is 17.4. The molecule has 25 heavy (non-hydrogen) atoms. The second-order valence-corrected chi connectivity index (χ2v) is 8.15. The lowest BCUT2D eigenvalue weighted by atomic mass is 9.89. The maximum absolute atomic E-state index is 12.9. The van der Waals surface area contributed by atoms with Gasteiger partial charge in [0.1, 0.15) is 4.83 Å². The molecule has 0 bridgehead atoms. The molecule has 1 amide bonds. The number of aromatic nitrogens is 1. The molecule has 1 aliphatic rings. The number of benzene rings is 1. The Balaban J connectivity index is 1.52. The Morgan fingerprint density at radius 3 is 2.68 bits per heavy atom. The van der Waals surface area contributed by atoms with Gasteiger partial charge in [-0.2, -0.15) is 0 Å². The van der Waals surface area contributed by atoms with E-state index in [1.54, 1.807) is 17.5 Å². The van der Waals surface area contributed by atoms with Gasteiger partial charge in [-0.25, -0.2) is 4.98 Å². The Hall–Kier alpha value is -1.91. The highest BCUT2D eigenvalue weighted by molar-refractivity contribution is 7.18. The first-order valence-corrected chi connectivity index (χ1v) is 9.72. The van der Waals surface area contributed by atoms with Crippen LogP contribution in [0, 0.1) is 6.92 Å². The fourth-order valence-corrected chi connectivity index (χ4v) is 4.73. The van der Waals surface area contributed by atoms with Crippen molar-refractivity contribution in [1.82, 2.24) is 9.88 Å². The van der Waals surface area contributed by atoms with Crippen LogP contribution >= 0.6 is 22.9 Å². The molecule has 128 valence electrons. The normalized spacial score (nSPS) is 15.7. The highest BCUT2D eigenvalue weighted by Gasteiger charge is 2.26. The Kier molecular flexibility index (Phi) is 4.48. The molecular weight excluding hydrogens is 352 g/mol. The summed E-state index contributed by atoms with van der Waals surface area (Å²) in [6, 6.07) is 12.6. The summed E-state index contributed by atoms with van der Waals surface area (Å²) in [6.07, 6.45) is 3.60. The van der Waals surface area contributed by atoms with Gasteiger partial charge in [-0.15, -0.1) is 11.3 Å². The minimum absolute atomic E-state index is 0.00485. The zero-order valence-electron chi connectivity index (χ0n) is 14.0. The van der Waals surface area contributed by atoms with Gasteiger partial charge in [-0.05, 0) is 37.3 Å². The van der Waals surface area contributed by atoms with E-state index >= 15 is 0 Å². The van der Waals surface area contributed by atoms with Crippen molar-refractivity contribution < 1.29 is 4.79 Å². The number of rotatable bonds is 2. The third-order valence-electron chi connectivity index (χ3n) is 4.90. The number of piperidine rings is 1. The molecule has 3 heterocycles. The molecule has 0 atom stereocenters. The number of pyridine rings is 1. The fourth-order valence-electron chi connectivity index (χ4n) is 3.54. The van der Waals surface area contributed by atoms with Gasteiger partial charge < -0.3 is 4.90 Å². The lowest BCUT2D eigenvalue weighted by Crippen LogP contribution is -2.38. The molecule has 1 fully saturated rings. The van der Waals surface area contributed by atoms with Gasteiger partial charge in [0, 0.05) is 29.5 Å². The molecule has 0 unspecified atom stereocenters. The first-order chi connectivity index (χ1) is 12.1. The van der Waals surface area contributed by atoms with Gasteiger partial charge in [0.15, 0.2) is 0 Å². The van der Waals surface area contributed by atoms with Crippen LogP contribution in [0.4, 0.5) is 0 Å². The smallest absolute Gasteiger partial charge is 0.256 e. The summed E-state index contributed by atoms with van der Waals surface area (Å²) in [5, 5.41) is 1.42. The van der Waals surface area contributed by atoms with Gasteiger partial charge >= 0.3 is 0 Å². The average molecular weight is 371 g/mol. The van der Waals surface area contributed by atoms with Crippen molar-refractivity contribution in [3.8, 4) is 0 Å². The van der Waals surface area contributed by atoms with Crippen molar-refractivity contribution >= 4 is 39.1 Å². The van der Waals surface area contributed by atoms with E-state index in [0.717, 1.165) is 41.0 Å². The Morgan fingerprint density at radius 2 is 1.96 bits per heavy atom. The largest absolute Gasteiger partial charge is 0.339 e. The summed E-state index contributed by atoms with van der Waals surface area (Å²) in [4.78, 5) is 21.3. The monoisotopic (exact) mass is 370 g/mol. The molecule has 1 saturated heterocycles. The van der Waals surface area contributed by atoms with E-state index in [0.29, 0.717) is 16.5 Å². The Morgan fingerprint density at radius 1 is 1.24 bits per heavy atom. The molecule has 0 N–H and O–H groups in total. The summed E-state index contributed by atoms with van der Waals surface area (Å²) < 4.78 is 0. The van der Waals surface area contributed by atoms with Crippen LogP contribution < -0.4 is 0 Å². The van der Waals surface area contributed by atoms with Crippen molar-refractivity contribution in [3.05, 3.63) is 63.6 Å². The Labute approximate surface area is 156 Å². The number of thiophene rings is 1. The number of amides is 1. The number of carbonyl (C=O) groups excluding carboxylic acids is 1. The maximum atomic E-state index is 12.9. The third kappa shape index (κ3) is 3.16. The van der Waals surface area contributed by atoms with E-state index < -0.39 is 0 Å². The standard InChI is InChI=1S/C20H19ClN2OS/c1-13-11-16-18(21)17(12-22-19(16)25-13)20(24)23-9-7-15(8-10-23)14-5-3-2-4-6-14/h2-6,11-12,15H,7-10H2,1H3. The van der Waals surface area contributed by atoms with E-state index in [4.69, 9.17) is 11.6 Å². The van der Waals surface area contributed by atoms with Crippen molar-refractivity contribution in [3.63, 3.8) is 0 Å². The molecule has 0 aliphatic carbocycles. The summed E-state index contributed by atoms with van der Waals surface area (Å²) >= 11 is 8.11. The Bertz CT molecular complexity index is 914. The summed E-state index contributed by atoms with van der Waals surface area (Å²) in [7, 11) is 0. The highest BCUT2D eigenvalue weighted by atomic mass is 35.5. The van der Waals surface area contributed by atoms with E-state index in [1.165, 1.54) is 5.56 Å². The van der Waals surface area contributed by atoms with Gasteiger partial charge in [0.25, 0.3) is 5.91 Å². The van der Waals surface area contributed by atoms with E-state index in [1.807, 2.05) is 24.0 Å². The van der Waals surface area contributed by atoms with Gasteiger partial charge in [-0.3, -0.25) is 4.79 Å². The van der Waals surface area contributed by atoms with E-state index in [9.17, 15) is 4.79 Å². The second kappa shape index (κ2) is 6.77. The lowest BCUT2D eigenvalue weighted by Gasteiger charge is -2.32. The number of nitrogens with zero attached hydrogens (tertiary/aromatic N) is 2. The van der Waals surface area contributed by atoms with Gasteiger partial charge in [0.05, 0.1) is 10.6 Å². The molecule has 3 nitrogen and oxygen atoms in total. The van der Waals surface area contributed by atoms with Crippen LogP contribution in [0.5, 0.6) is 0 Å². The van der Waals surface area contributed by atoms with Crippen molar-refractivity contribution in [2.24, 2.45) is 0 Å². The minimum atomic E-state index is -0.00485. The average Bonchev–Trinajstić information content (AvgIpc) is 3.04. The first-order valence-electron chi connectivity index (χ1n) is 8.52. The molecular formula is C20H19ClN2OS. The van der Waals surface area contributed by atoms with Crippen LogP contribution in [0.3, 0.4) is 0 Å². The number of fused-ring (bicyclic) bond motifs is 1. The molecule has 2 aromatic heterocycles. The minimum Gasteiger partial charge on any atom is -0.339 e. The van der Waals surface area contributed by atoms with Crippen molar-refractivity contribution in [2.75, 3.05) is 13.1 Å². The van der Waals surface area contributed by atoms with Crippen LogP contribution in [0.15, 0.2) is 42.6 Å². The van der Waals surface area contributed by atoms with Gasteiger partial charge in [0.2, 0.25) is 0 Å². The lowest BCUT2D eigenvalue weighted by molar-refractivity contribution is 0.0713. The number of hydrogen-bond acceptors (Lipinski definition) is 3. The predicted octanol–water partition coefficient (Wildman–Crippen LogP) is 5.28. The summed E-state index contributed by atoms with van der Waals surface area (Å²) in [5.74, 6) is 0.524. The number of likely N-dealkylation sites (tertiary alicyclic amines) is 1. The molecule has 0 radical (unpaired) electrons. The number of hydrogen-bond donors (Lipinski definition) is 0. The van der Waals surface area contributed by atoms with Crippen LogP contribution in [0.25, 0.3) is 10.2 Å². The molecule has 3 aromatic rings. The van der Waals surface area contributed by atoms with Crippen molar-refractivity contribution in [2.45, 2.75) is 25.7 Å². The summed E-state index contributed by atoms with van der Waals surface area (Å²) in [6.45, 7) is 3.55. The van der Waals surface area contributed by atoms with Crippen LogP contribution in [-0.2, 0) is 0 Å². The molecule has 5 heteroatoms. The van der Waals surface area contributed by atoms with E-state index in [2.05, 4.69) is 29.2 Å². The van der Waals surface area contributed by atoms with Crippen molar-refractivity contribution in [1.29, 1.82) is 0 Å². The van der Waals surface area contributed by atoms with Crippen LogP contribution in [0.1, 0.15) is 39.6 Å². The van der Waals surface area contributed by atoms with Crippen LogP contribution in [-0.4, -0.2) is 28.9 Å². The topological polar surface area (TPSA) is 33.2 Å².